The largest absolute Gasteiger partial charge is 0.375 e. The molecule has 1 aromatic heterocycles. The van der Waals surface area contributed by atoms with Crippen LogP contribution in [0, 0.1) is 0 Å². The average Bonchev–Trinajstić information content (AvgIpc) is 2.53. The van der Waals surface area contributed by atoms with Crippen LogP contribution < -0.4 is 11.1 Å². The highest BCUT2D eigenvalue weighted by molar-refractivity contribution is 7.13. The van der Waals surface area contributed by atoms with Gasteiger partial charge in [0.05, 0.1) is 5.69 Å². The van der Waals surface area contributed by atoms with Crippen LogP contribution in [0.1, 0.15) is 18.7 Å². The molecule has 78 valence electrons. The number of hydrogen-bond donors (Lipinski definition) is 2. The molecule has 1 unspecified atom stereocenters. The maximum absolute atomic E-state index is 11.1. The molecule has 1 aromatic rings. The fourth-order valence-corrected chi connectivity index (χ4v) is 1.67. The SMILES string of the molecule is COCC(=O)Nc1nc(C(C)N)cs1. The van der Waals surface area contributed by atoms with Crippen LogP contribution in [-0.4, -0.2) is 24.6 Å². The normalized spacial score (nSPS) is 12.5. The van der Waals surface area contributed by atoms with Crippen molar-refractivity contribution in [3.8, 4) is 0 Å². The lowest BCUT2D eigenvalue weighted by Crippen LogP contribution is -2.17. The summed E-state index contributed by atoms with van der Waals surface area (Å²) in [5, 5.41) is 4.99. The minimum Gasteiger partial charge on any atom is -0.375 e. The minimum atomic E-state index is -0.210. The molecule has 3 N–H and O–H groups in total. The third kappa shape index (κ3) is 3.06. The monoisotopic (exact) mass is 215 g/mol. The van der Waals surface area contributed by atoms with Gasteiger partial charge in [-0.05, 0) is 6.92 Å². The molecule has 0 fully saturated rings. The molecular weight excluding hydrogens is 202 g/mol. The van der Waals surface area contributed by atoms with Crippen LogP contribution in [0.25, 0.3) is 0 Å². The van der Waals surface area contributed by atoms with Crippen molar-refractivity contribution in [1.29, 1.82) is 0 Å². The summed E-state index contributed by atoms with van der Waals surface area (Å²) >= 11 is 1.35. The molecule has 0 saturated carbocycles. The van der Waals surface area contributed by atoms with E-state index in [0.29, 0.717) is 5.13 Å². The van der Waals surface area contributed by atoms with E-state index in [0.717, 1.165) is 5.69 Å². The van der Waals surface area contributed by atoms with Crippen LogP contribution in [0.4, 0.5) is 5.13 Å². The molecule has 6 heteroatoms. The summed E-state index contributed by atoms with van der Waals surface area (Å²) in [4.78, 5) is 15.2. The molecule has 0 aliphatic carbocycles. The molecule has 0 radical (unpaired) electrons. The Labute approximate surface area is 86.3 Å². The summed E-state index contributed by atoms with van der Waals surface area (Å²) < 4.78 is 4.67. The summed E-state index contributed by atoms with van der Waals surface area (Å²) in [5.41, 5.74) is 6.40. The minimum absolute atomic E-state index is 0.0348. The van der Waals surface area contributed by atoms with E-state index in [-0.39, 0.29) is 18.6 Å². The van der Waals surface area contributed by atoms with Crippen molar-refractivity contribution in [2.75, 3.05) is 19.0 Å². The van der Waals surface area contributed by atoms with Crippen molar-refractivity contribution in [3.63, 3.8) is 0 Å². The van der Waals surface area contributed by atoms with Crippen LogP contribution >= 0.6 is 11.3 Å². The highest BCUT2D eigenvalue weighted by Gasteiger charge is 2.08. The van der Waals surface area contributed by atoms with Gasteiger partial charge in [0.1, 0.15) is 6.61 Å². The third-order valence-corrected chi connectivity index (χ3v) is 2.29. The summed E-state index contributed by atoms with van der Waals surface area (Å²) in [6.07, 6.45) is 0. The van der Waals surface area contributed by atoms with Crippen molar-refractivity contribution in [2.24, 2.45) is 5.73 Å². The third-order valence-electron chi connectivity index (χ3n) is 1.51. The van der Waals surface area contributed by atoms with Gasteiger partial charge >= 0.3 is 0 Å². The molecule has 0 aliphatic heterocycles. The Kier molecular flexibility index (Phi) is 3.99. The standard InChI is InChI=1S/C8H13N3O2S/c1-5(9)6-4-14-8(10-6)11-7(12)3-13-2/h4-5H,3,9H2,1-2H3,(H,10,11,12). The number of carbonyl (C=O) groups is 1. The zero-order valence-electron chi connectivity index (χ0n) is 8.11. The maximum Gasteiger partial charge on any atom is 0.252 e. The van der Waals surface area contributed by atoms with Gasteiger partial charge in [-0.2, -0.15) is 0 Å². The smallest absolute Gasteiger partial charge is 0.252 e. The van der Waals surface area contributed by atoms with Crippen molar-refractivity contribution in [1.82, 2.24) is 4.98 Å². The van der Waals surface area contributed by atoms with Gasteiger partial charge in [0.2, 0.25) is 0 Å². The van der Waals surface area contributed by atoms with Crippen LogP contribution in [0.3, 0.4) is 0 Å². The lowest BCUT2D eigenvalue weighted by atomic mass is 10.3. The molecule has 1 atom stereocenters. The zero-order valence-corrected chi connectivity index (χ0v) is 8.93. The van der Waals surface area contributed by atoms with Gasteiger partial charge in [-0.25, -0.2) is 4.98 Å². The van der Waals surface area contributed by atoms with Crippen molar-refractivity contribution < 1.29 is 9.53 Å². The lowest BCUT2D eigenvalue weighted by Gasteiger charge is -2.00. The van der Waals surface area contributed by atoms with Crippen LogP contribution in [-0.2, 0) is 9.53 Å². The number of thiazole rings is 1. The van der Waals surface area contributed by atoms with Crippen LogP contribution in [0.15, 0.2) is 5.38 Å². The number of nitrogens with one attached hydrogen (secondary N) is 1. The molecule has 1 rings (SSSR count). The van der Waals surface area contributed by atoms with E-state index in [9.17, 15) is 4.79 Å². The first-order chi connectivity index (χ1) is 6.63. The number of hydrogen-bond acceptors (Lipinski definition) is 5. The summed E-state index contributed by atoms with van der Waals surface area (Å²) in [5.74, 6) is -0.210. The molecule has 5 nitrogen and oxygen atoms in total. The highest BCUT2D eigenvalue weighted by atomic mass is 32.1. The van der Waals surface area contributed by atoms with Gasteiger partial charge in [-0.15, -0.1) is 11.3 Å². The molecule has 1 amide bonds. The Bertz CT molecular complexity index is 311. The molecule has 0 saturated heterocycles. The van der Waals surface area contributed by atoms with Crippen molar-refractivity contribution in [2.45, 2.75) is 13.0 Å². The van der Waals surface area contributed by atoms with E-state index < -0.39 is 0 Å². The summed E-state index contributed by atoms with van der Waals surface area (Å²) in [7, 11) is 1.47. The zero-order chi connectivity index (χ0) is 10.6. The molecule has 0 aliphatic rings. The first-order valence-corrected chi connectivity index (χ1v) is 5.01. The number of ether oxygens (including phenoxy) is 1. The average molecular weight is 215 g/mol. The molecule has 0 spiro atoms. The highest BCUT2D eigenvalue weighted by Crippen LogP contribution is 2.18. The number of rotatable bonds is 4. The Morgan fingerprint density at radius 2 is 2.57 bits per heavy atom. The number of methoxy groups -OCH3 is 1. The van der Waals surface area contributed by atoms with E-state index in [4.69, 9.17) is 5.73 Å². The van der Waals surface area contributed by atoms with E-state index in [1.54, 1.807) is 0 Å². The summed E-state index contributed by atoms with van der Waals surface area (Å²) in [6.45, 7) is 1.88. The lowest BCUT2D eigenvalue weighted by molar-refractivity contribution is -0.119. The van der Waals surface area contributed by atoms with E-state index in [2.05, 4.69) is 15.0 Å². The van der Waals surface area contributed by atoms with Gasteiger partial charge in [0.15, 0.2) is 5.13 Å². The topological polar surface area (TPSA) is 77.2 Å². The van der Waals surface area contributed by atoms with Gasteiger partial charge in [0.25, 0.3) is 5.91 Å². The number of anilines is 1. The second-order valence-corrected chi connectivity index (χ2v) is 3.71. The maximum atomic E-state index is 11.1. The van der Waals surface area contributed by atoms with Crippen molar-refractivity contribution >= 4 is 22.4 Å². The Hall–Kier alpha value is -0.980. The number of carbonyl (C=O) groups excluding carboxylic acids is 1. The van der Waals surface area contributed by atoms with Gasteiger partial charge < -0.3 is 10.5 Å². The predicted octanol–water partition coefficient (Wildman–Crippen LogP) is 0.748. The van der Waals surface area contributed by atoms with Crippen LogP contribution in [0.5, 0.6) is 0 Å². The molecule has 0 bridgehead atoms. The first-order valence-electron chi connectivity index (χ1n) is 4.13. The Balaban J connectivity index is 2.55. The molecule has 14 heavy (non-hydrogen) atoms. The quantitative estimate of drug-likeness (QED) is 0.777. The Morgan fingerprint density at radius 3 is 3.07 bits per heavy atom. The predicted molar refractivity (Wildman–Crippen MR) is 55.2 cm³/mol. The Morgan fingerprint density at radius 1 is 1.86 bits per heavy atom. The number of nitrogens with two attached hydrogens (primary N) is 1. The molecule has 1 heterocycles. The van der Waals surface area contributed by atoms with Gasteiger partial charge in [-0.3, -0.25) is 10.1 Å². The number of nitrogens with zero attached hydrogens (tertiary/aromatic N) is 1. The number of aromatic nitrogens is 1. The van der Waals surface area contributed by atoms with E-state index >= 15 is 0 Å². The first kappa shape index (κ1) is 11.1. The fourth-order valence-electron chi connectivity index (χ4n) is 0.839. The van der Waals surface area contributed by atoms with Gasteiger partial charge in [0, 0.05) is 18.5 Å². The number of amides is 1. The second kappa shape index (κ2) is 5.04. The van der Waals surface area contributed by atoms with Crippen molar-refractivity contribution in [3.05, 3.63) is 11.1 Å². The van der Waals surface area contributed by atoms with E-state index in [1.807, 2.05) is 12.3 Å². The molecular formula is C8H13N3O2S. The van der Waals surface area contributed by atoms with E-state index in [1.165, 1.54) is 18.4 Å². The second-order valence-electron chi connectivity index (χ2n) is 2.85. The summed E-state index contributed by atoms with van der Waals surface area (Å²) in [6, 6.07) is -0.112. The van der Waals surface area contributed by atoms with Gasteiger partial charge in [-0.1, -0.05) is 0 Å². The van der Waals surface area contributed by atoms with Crippen LogP contribution in [0.2, 0.25) is 0 Å². The fraction of sp³-hybridized carbons (Fsp3) is 0.500. The molecule has 0 aromatic carbocycles.